The first-order valence-corrected chi connectivity index (χ1v) is 12.3. The Kier molecular flexibility index (Phi) is 9.11. The molecule has 4 nitrogen and oxygen atoms in total. The average Bonchev–Trinajstić information content (AvgIpc) is 3.55. The van der Waals surface area contributed by atoms with Crippen molar-refractivity contribution in [2.24, 2.45) is 0 Å². The number of likely N-dealkylation sites (tertiary alicyclic amines) is 1. The number of unbranched alkanes of at least 4 members (excludes halogenated alkanes) is 1. The van der Waals surface area contributed by atoms with Gasteiger partial charge in [-0.1, -0.05) is 58.8 Å². The van der Waals surface area contributed by atoms with E-state index in [0.717, 1.165) is 67.8 Å². The lowest BCUT2D eigenvalue weighted by Crippen LogP contribution is -2.30. The number of aryl methyl sites for hydroxylation is 1. The molecule has 1 aliphatic heterocycles. The van der Waals surface area contributed by atoms with E-state index < -0.39 is 0 Å². The number of hydrogen-bond acceptors (Lipinski definition) is 2. The van der Waals surface area contributed by atoms with Gasteiger partial charge in [0.15, 0.2) is 0 Å². The molecule has 1 saturated heterocycles. The van der Waals surface area contributed by atoms with Crippen LogP contribution in [0.4, 0.5) is 4.39 Å². The zero-order valence-corrected chi connectivity index (χ0v) is 19.3. The SMILES string of the molecule is C1CCCC1.CCCCC(=O)N1CCCC1c1nc(-c2ccc(F)cc2)c(CCC)[nH]1. The molecule has 1 N–H and O–H groups in total. The number of benzene rings is 1. The molecule has 2 heterocycles. The fraction of sp³-hybridized carbons (Fsp3) is 0.615. The average molecular weight is 428 g/mol. The quantitative estimate of drug-likeness (QED) is 0.518. The molecular weight excluding hydrogens is 389 g/mol. The van der Waals surface area contributed by atoms with E-state index in [1.54, 1.807) is 12.1 Å². The summed E-state index contributed by atoms with van der Waals surface area (Å²) in [5.74, 6) is 0.853. The molecule has 1 amide bonds. The van der Waals surface area contributed by atoms with Gasteiger partial charge < -0.3 is 9.88 Å². The van der Waals surface area contributed by atoms with Gasteiger partial charge in [0.1, 0.15) is 11.6 Å². The molecule has 1 unspecified atom stereocenters. The Balaban J connectivity index is 0.000000478. The first-order valence-electron chi connectivity index (χ1n) is 12.3. The summed E-state index contributed by atoms with van der Waals surface area (Å²) in [6.07, 6.45) is 13.9. The van der Waals surface area contributed by atoms with E-state index in [1.807, 2.05) is 4.90 Å². The maximum atomic E-state index is 13.3. The lowest BCUT2D eigenvalue weighted by atomic mass is 10.1. The third-order valence-electron chi connectivity index (χ3n) is 6.30. The number of aromatic amines is 1. The van der Waals surface area contributed by atoms with Gasteiger partial charge in [0, 0.05) is 24.2 Å². The van der Waals surface area contributed by atoms with Crippen LogP contribution in [0.5, 0.6) is 0 Å². The summed E-state index contributed by atoms with van der Waals surface area (Å²) in [4.78, 5) is 22.9. The van der Waals surface area contributed by atoms with Crippen LogP contribution < -0.4 is 0 Å². The third kappa shape index (κ3) is 6.41. The normalized spacial score (nSPS) is 18.2. The minimum absolute atomic E-state index is 0.0316. The molecule has 0 radical (unpaired) electrons. The van der Waals surface area contributed by atoms with E-state index in [0.29, 0.717) is 6.42 Å². The number of carbonyl (C=O) groups excluding carboxylic acids is 1. The maximum absolute atomic E-state index is 13.3. The number of hydrogen-bond donors (Lipinski definition) is 1. The monoisotopic (exact) mass is 427 g/mol. The Bertz CT molecular complexity index is 803. The summed E-state index contributed by atoms with van der Waals surface area (Å²) in [7, 11) is 0. The maximum Gasteiger partial charge on any atom is 0.223 e. The molecule has 2 aromatic rings. The second-order valence-corrected chi connectivity index (χ2v) is 8.82. The molecule has 2 fully saturated rings. The van der Waals surface area contributed by atoms with Gasteiger partial charge in [-0.05, 0) is 49.9 Å². The van der Waals surface area contributed by atoms with Crippen molar-refractivity contribution in [3.05, 3.63) is 41.6 Å². The Morgan fingerprint density at radius 2 is 1.74 bits per heavy atom. The van der Waals surface area contributed by atoms with Crippen LogP contribution in [-0.2, 0) is 11.2 Å². The van der Waals surface area contributed by atoms with Crippen LogP contribution in [-0.4, -0.2) is 27.3 Å². The molecular formula is C26H38FN3O. The van der Waals surface area contributed by atoms with Crippen molar-refractivity contribution in [1.82, 2.24) is 14.9 Å². The molecule has 5 heteroatoms. The third-order valence-corrected chi connectivity index (χ3v) is 6.30. The largest absolute Gasteiger partial charge is 0.344 e. The molecule has 0 bridgehead atoms. The van der Waals surface area contributed by atoms with Gasteiger partial charge in [-0.15, -0.1) is 0 Å². The highest BCUT2D eigenvalue weighted by molar-refractivity contribution is 5.77. The number of nitrogens with one attached hydrogen (secondary N) is 1. The fourth-order valence-electron chi connectivity index (χ4n) is 4.57. The van der Waals surface area contributed by atoms with Crippen molar-refractivity contribution in [2.45, 2.75) is 96.9 Å². The molecule has 1 saturated carbocycles. The van der Waals surface area contributed by atoms with Crippen LogP contribution >= 0.6 is 0 Å². The van der Waals surface area contributed by atoms with E-state index >= 15 is 0 Å². The van der Waals surface area contributed by atoms with Gasteiger partial charge in [-0.25, -0.2) is 9.37 Å². The Morgan fingerprint density at radius 3 is 2.35 bits per heavy atom. The van der Waals surface area contributed by atoms with Crippen molar-refractivity contribution in [2.75, 3.05) is 6.54 Å². The first-order chi connectivity index (χ1) is 15.1. The standard InChI is InChI=1S/C21H28FN3O.C5H10/c1-3-5-9-19(26)25-14-6-8-18(25)21-23-17(7-4-2)20(24-21)15-10-12-16(22)13-11-15;1-2-4-5-3-1/h10-13,18H,3-9,14H2,1-2H3,(H,23,24);1-5H2. The highest BCUT2D eigenvalue weighted by atomic mass is 19.1. The number of nitrogens with zero attached hydrogens (tertiary/aromatic N) is 2. The van der Waals surface area contributed by atoms with Gasteiger partial charge >= 0.3 is 0 Å². The topological polar surface area (TPSA) is 49.0 Å². The Labute approximate surface area is 186 Å². The zero-order chi connectivity index (χ0) is 22.1. The van der Waals surface area contributed by atoms with Crippen molar-refractivity contribution < 1.29 is 9.18 Å². The molecule has 1 aromatic heterocycles. The molecule has 1 aliphatic carbocycles. The fourth-order valence-corrected chi connectivity index (χ4v) is 4.57. The summed E-state index contributed by atoms with van der Waals surface area (Å²) < 4.78 is 13.3. The Morgan fingerprint density at radius 1 is 1.06 bits per heavy atom. The van der Waals surface area contributed by atoms with E-state index in [2.05, 4.69) is 18.8 Å². The molecule has 2 aliphatic rings. The lowest BCUT2D eigenvalue weighted by molar-refractivity contribution is -0.132. The zero-order valence-electron chi connectivity index (χ0n) is 19.3. The second-order valence-electron chi connectivity index (χ2n) is 8.82. The molecule has 1 atom stereocenters. The highest BCUT2D eigenvalue weighted by Gasteiger charge is 2.32. The van der Waals surface area contributed by atoms with Gasteiger partial charge in [0.05, 0.1) is 11.7 Å². The Hall–Kier alpha value is -2.17. The van der Waals surface area contributed by atoms with E-state index in [9.17, 15) is 9.18 Å². The van der Waals surface area contributed by atoms with Crippen molar-refractivity contribution in [3.8, 4) is 11.3 Å². The van der Waals surface area contributed by atoms with Crippen LogP contribution in [0, 0.1) is 5.82 Å². The van der Waals surface area contributed by atoms with Crippen LogP contribution in [0.1, 0.15) is 102 Å². The highest BCUT2D eigenvalue weighted by Crippen LogP contribution is 2.34. The summed E-state index contributed by atoms with van der Waals surface area (Å²) in [5, 5.41) is 0. The minimum atomic E-state index is -0.245. The summed E-state index contributed by atoms with van der Waals surface area (Å²) in [6, 6.07) is 6.51. The van der Waals surface area contributed by atoms with Crippen LogP contribution in [0.25, 0.3) is 11.3 Å². The predicted molar refractivity (Wildman–Crippen MR) is 124 cm³/mol. The van der Waals surface area contributed by atoms with Crippen LogP contribution in [0.2, 0.25) is 0 Å². The van der Waals surface area contributed by atoms with Gasteiger partial charge in [0.2, 0.25) is 5.91 Å². The summed E-state index contributed by atoms with van der Waals surface area (Å²) >= 11 is 0. The van der Waals surface area contributed by atoms with Crippen molar-refractivity contribution in [3.63, 3.8) is 0 Å². The molecule has 170 valence electrons. The number of carbonyl (C=O) groups is 1. The predicted octanol–water partition coefficient (Wildman–Crippen LogP) is 6.97. The molecule has 1 aromatic carbocycles. The van der Waals surface area contributed by atoms with Gasteiger partial charge in [-0.2, -0.15) is 0 Å². The lowest BCUT2D eigenvalue weighted by Gasteiger charge is -2.23. The second kappa shape index (κ2) is 12.0. The van der Waals surface area contributed by atoms with Crippen LogP contribution in [0.15, 0.2) is 24.3 Å². The van der Waals surface area contributed by atoms with E-state index in [-0.39, 0.29) is 17.8 Å². The van der Waals surface area contributed by atoms with Gasteiger partial charge in [0.25, 0.3) is 0 Å². The van der Waals surface area contributed by atoms with E-state index in [4.69, 9.17) is 4.98 Å². The van der Waals surface area contributed by atoms with Crippen molar-refractivity contribution in [1.29, 1.82) is 0 Å². The number of amides is 1. The number of imidazole rings is 1. The number of H-pyrrole nitrogens is 1. The first kappa shape index (κ1) is 23.5. The van der Waals surface area contributed by atoms with E-state index in [1.165, 1.54) is 44.2 Å². The summed E-state index contributed by atoms with van der Waals surface area (Å²) in [6.45, 7) is 5.04. The molecule has 4 rings (SSSR count). The van der Waals surface area contributed by atoms with Gasteiger partial charge in [-0.3, -0.25) is 4.79 Å². The van der Waals surface area contributed by atoms with Crippen LogP contribution in [0.3, 0.4) is 0 Å². The number of rotatable bonds is 7. The number of halogens is 1. The molecule has 0 spiro atoms. The minimum Gasteiger partial charge on any atom is -0.344 e. The molecule has 31 heavy (non-hydrogen) atoms. The number of aromatic nitrogens is 2. The smallest absolute Gasteiger partial charge is 0.223 e. The summed E-state index contributed by atoms with van der Waals surface area (Å²) in [5.41, 5.74) is 2.87. The van der Waals surface area contributed by atoms with Crippen molar-refractivity contribution >= 4 is 5.91 Å².